The number of halogens is 3. The molecule has 0 aliphatic carbocycles. The molecule has 0 bridgehead atoms. The highest BCUT2D eigenvalue weighted by Gasteiger charge is 2.44. The number of alkyl halides is 3. The minimum absolute atomic E-state index is 0.0438. The zero-order valence-electron chi connectivity index (χ0n) is 20.7. The van der Waals surface area contributed by atoms with Crippen LogP contribution in [0.5, 0.6) is 5.75 Å². The normalized spacial score (nSPS) is 18.9. The van der Waals surface area contributed by atoms with Crippen LogP contribution >= 0.6 is 0 Å². The summed E-state index contributed by atoms with van der Waals surface area (Å²) >= 11 is 0. The number of likely N-dealkylation sites (N-methyl/N-ethyl adjacent to an activating group) is 1. The van der Waals surface area contributed by atoms with E-state index in [0.29, 0.717) is 39.1 Å². The van der Waals surface area contributed by atoms with Crippen molar-refractivity contribution in [1.29, 1.82) is 0 Å². The van der Waals surface area contributed by atoms with Gasteiger partial charge in [0, 0.05) is 25.0 Å². The van der Waals surface area contributed by atoms with Crippen molar-refractivity contribution in [3.05, 3.63) is 24.3 Å². The Hall–Kier alpha value is -2.91. The van der Waals surface area contributed by atoms with Crippen LogP contribution in [0.15, 0.2) is 29.2 Å². The number of esters is 1. The first-order valence-corrected chi connectivity index (χ1v) is 12.6. The minimum atomic E-state index is -5.08. The summed E-state index contributed by atoms with van der Waals surface area (Å²) in [5.74, 6) is -3.05. The van der Waals surface area contributed by atoms with Crippen LogP contribution < -0.4 is 4.74 Å². The van der Waals surface area contributed by atoms with Gasteiger partial charge < -0.3 is 24.4 Å². The van der Waals surface area contributed by atoms with E-state index in [9.17, 15) is 31.2 Å². The number of rotatable bonds is 4. The highest BCUT2D eigenvalue weighted by molar-refractivity contribution is 7.89. The second kappa shape index (κ2) is 12.1. The lowest BCUT2D eigenvalue weighted by atomic mass is 9.78. The van der Waals surface area contributed by atoms with Gasteiger partial charge in [-0.05, 0) is 39.1 Å². The Morgan fingerprint density at radius 3 is 2.24 bits per heavy atom. The molecule has 11 nitrogen and oxygen atoms in total. The van der Waals surface area contributed by atoms with Gasteiger partial charge in [-0.2, -0.15) is 17.5 Å². The number of hydrogen-bond acceptors (Lipinski definition) is 8. The molecule has 208 valence electrons. The molecule has 37 heavy (non-hydrogen) atoms. The first-order chi connectivity index (χ1) is 17.1. The number of carboxylic acid groups (broad SMARTS) is 1. The number of hydrogen-bond donors (Lipinski definition) is 1. The molecule has 1 N–H and O–H groups in total. The van der Waals surface area contributed by atoms with Gasteiger partial charge in [-0.15, -0.1) is 0 Å². The third-order valence-corrected chi connectivity index (χ3v) is 7.75. The average molecular weight is 554 g/mol. The van der Waals surface area contributed by atoms with E-state index in [1.807, 2.05) is 19.0 Å². The Kier molecular flexibility index (Phi) is 9.91. The summed E-state index contributed by atoms with van der Waals surface area (Å²) < 4.78 is 70.3. The number of likely N-dealkylation sites (tertiary alicyclic amines) is 1. The summed E-state index contributed by atoms with van der Waals surface area (Å²) in [6.07, 6.45) is -3.91. The monoisotopic (exact) mass is 553 g/mol. The van der Waals surface area contributed by atoms with E-state index >= 15 is 0 Å². The van der Waals surface area contributed by atoms with Crippen LogP contribution in [0, 0.1) is 5.41 Å². The molecule has 15 heteroatoms. The molecule has 1 amide bonds. The Bertz CT molecular complexity index is 1090. The molecule has 0 saturated carbocycles. The number of fused-ring (bicyclic) bond motifs is 1. The van der Waals surface area contributed by atoms with Crippen molar-refractivity contribution in [3.63, 3.8) is 0 Å². The SMILES string of the molecule is COC(=O)CN1CC2(CCN(C(=O)CN(C)C)CC2)COc2ccccc2S1(=O)=O.O=C(O)C(F)(F)F. The van der Waals surface area contributed by atoms with Crippen molar-refractivity contribution in [2.45, 2.75) is 23.9 Å². The predicted octanol–water partition coefficient (Wildman–Crippen LogP) is 1.05. The van der Waals surface area contributed by atoms with Gasteiger partial charge in [0.15, 0.2) is 0 Å². The second-order valence-corrected chi connectivity index (χ2v) is 10.9. The van der Waals surface area contributed by atoms with E-state index in [4.69, 9.17) is 19.4 Å². The van der Waals surface area contributed by atoms with E-state index in [-0.39, 0.29) is 29.6 Å². The van der Waals surface area contributed by atoms with Gasteiger partial charge >= 0.3 is 18.1 Å². The van der Waals surface area contributed by atoms with Gasteiger partial charge in [0.25, 0.3) is 0 Å². The number of amides is 1. The van der Waals surface area contributed by atoms with Gasteiger partial charge in [-0.3, -0.25) is 9.59 Å². The summed E-state index contributed by atoms with van der Waals surface area (Å²) in [4.78, 5) is 36.9. The maximum atomic E-state index is 13.3. The van der Waals surface area contributed by atoms with Gasteiger partial charge in [0.05, 0.1) is 20.3 Å². The number of benzene rings is 1. The Morgan fingerprint density at radius 2 is 1.73 bits per heavy atom. The quantitative estimate of drug-likeness (QED) is 0.543. The topological polar surface area (TPSA) is 134 Å². The predicted molar refractivity (Wildman–Crippen MR) is 123 cm³/mol. The molecule has 3 rings (SSSR count). The Morgan fingerprint density at radius 1 is 1.16 bits per heavy atom. The van der Waals surface area contributed by atoms with Crippen LogP contribution in [0.2, 0.25) is 0 Å². The molecule has 2 heterocycles. The maximum absolute atomic E-state index is 13.3. The minimum Gasteiger partial charge on any atom is -0.492 e. The number of para-hydroxylation sites is 1. The summed E-state index contributed by atoms with van der Waals surface area (Å²) in [6.45, 7) is 1.45. The van der Waals surface area contributed by atoms with Crippen molar-refractivity contribution >= 4 is 27.9 Å². The number of sulfonamides is 1. The number of piperidine rings is 1. The van der Waals surface area contributed by atoms with Crippen LogP contribution in [0.3, 0.4) is 0 Å². The number of methoxy groups -OCH3 is 1. The molecule has 0 atom stereocenters. The van der Waals surface area contributed by atoms with Crippen molar-refractivity contribution in [2.24, 2.45) is 5.41 Å². The Labute approximate surface area is 212 Å². The number of carbonyl (C=O) groups excluding carboxylic acids is 2. The third-order valence-electron chi connectivity index (χ3n) is 5.92. The van der Waals surface area contributed by atoms with Crippen molar-refractivity contribution in [2.75, 3.05) is 60.5 Å². The molecule has 1 spiro atoms. The fraction of sp³-hybridized carbons (Fsp3) is 0.591. The molecular formula is C22H30F3N3O8S. The number of carboxylic acids is 1. The lowest BCUT2D eigenvalue weighted by Crippen LogP contribution is -2.54. The molecule has 2 aliphatic rings. The van der Waals surface area contributed by atoms with Crippen LogP contribution in [0.25, 0.3) is 0 Å². The van der Waals surface area contributed by atoms with Crippen molar-refractivity contribution in [3.8, 4) is 5.75 Å². The molecule has 1 fully saturated rings. The average Bonchev–Trinajstić information content (AvgIpc) is 2.81. The molecule has 1 saturated heterocycles. The number of ether oxygens (including phenoxy) is 2. The maximum Gasteiger partial charge on any atom is 0.490 e. The van der Waals surface area contributed by atoms with Crippen LogP contribution in [-0.4, -0.2) is 112 Å². The van der Waals surface area contributed by atoms with Crippen molar-refractivity contribution in [1.82, 2.24) is 14.1 Å². The third kappa shape index (κ3) is 8.04. The smallest absolute Gasteiger partial charge is 0.490 e. The second-order valence-electron chi connectivity index (χ2n) is 9.01. The summed E-state index contributed by atoms with van der Waals surface area (Å²) in [5.41, 5.74) is -0.497. The number of nitrogens with zero attached hydrogens (tertiary/aromatic N) is 3. The summed E-state index contributed by atoms with van der Waals surface area (Å²) in [5, 5.41) is 7.12. The molecule has 0 radical (unpaired) electrons. The summed E-state index contributed by atoms with van der Waals surface area (Å²) in [7, 11) is 0.981. The molecule has 0 unspecified atom stereocenters. The van der Waals surface area contributed by atoms with E-state index < -0.39 is 33.6 Å². The summed E-state index contributed by atoms with van der Waals surface area (Å²) in [6, 6.07) is 6.45. The molecule has 1 aromatic rings. The molecule has 0 aromatic heterocycles. The molecular weight excluding hydrogens is 523 g/mol. The van der Waals surface area contributed by atoms with Gasteiger partial charge in [0.2, 0.25) is 15.9 Å². The lowest BCUT2D eigenvalue weighted by Gasteiger charge is -2.44. The van der Waals surface area contributed by atoms with Crippen LogP contribution in [0.1, 0.15) is 12.8 Å². The number of carbonyl (C=O) groups is 3. The van der Waals surface area contributed by atoms with E-state index in [1.54, 1.807) is 23.1 Å². The first-order valence-electron chi connectivity index (χ1n) is 11.1. The van der Waals surface area contributed by atoms with Crippen LogP contribution in [-0.2, 0) is 29.1 Å². The number of aliphatic carboxylic acids is 1. The standard InChI is InChI=1S/C20H29N3O6S.C2HF3O2/c1-21(2)12-18(24)22-10-8-20(9-11-22)14-23(13-19(25)28-3)30(26,27)17-7-5-4-6-16(17)29-15-20;3-2(4,5)1(6)7/h4-7H,8-15H2,1-3H3;(H,6,7). The van der Waals surface area contributed by atoms with E-state index in [0.717, 1.165) is 0 Å². The Balaban J connectivity index is 0.000000604. The largest absolute Gasteiger partial charge is 0.492 e. The lowest BCUT2D eigenvalue weighted by molar-refractivity contribution is -0.192. The van der Waals surface area contributed by atoms with E-state index in [2.05, 4.69) is 0 Å². The van der Waals surface area contributed by atoms with Gasteiger partial charge in [0.1, 0.15) is 17.2 Å². The molecule has 1 aromatic carbocycles. The fourth-order valence-electron chi connectivity index (χ4n) is 3.91. The van der Waals surface area contributed by atoms with E-state index in [1.165, 1.54) is 17.5 Å². The highest BCUT2D eigenvalue weighted by atomic mass is 32.2. The van der Waals surface area contributed by atoms with Gasteiger partial charge in [-0.25, -0.2) is 13.2 Å². The van der Waals surface area contributed by atoms with Crippen LogP contribution in [0.4, 0.5) is 13.2 Å². The first kappa shape index (κ1) is 30.3. The van der Waals surface area contributed by atoms with Crippen molar-refractivity contribution < 1.29 is 50.6 Å². The fourth-order valence-corrected chi connectivity index (χ4v) is 5.54. The zero-order chi connectivity index (χ0) is 28.0. The van der Waals surface area contributed by atoms with Gasteiger partial charge in [-0.1, -0.05) is 12.1 Å². The highest BCUT2D eigenvalue weighted by Crippen LogP contribution is 2.39. The molecule has 2 aliphatic heterocycles. The zero-order valence-corrected chi connectivity index (χ0v) is 21.5.